The quantitative estimate of drug-likeness (QED) is 0.465. The highest BCUT2D eigenvalue weighted by Crippen LogP contribution is 1.57. The molecule has 31 valence electrons. The molecule has 0 fully saturated rings. The second kappa shape index (κ2) is 2.51. The molecule has 0 atom stereocenters. The Morgan fingerprint density at radius 3 is 2.50 bits per heavy atom. The third-order valence-corrected chi connectivity index (χ3v) is 0.282. The predicted molar refractivity (Wildman–Crippen MR) is 25.5 cm³/mol. The van der Waals surface area contributed by atoms with Crippen LogP contribution < -0.4 is 5.73 Å². The third-order valence-electron chi connectivity index (χ3n) is 0.282. The van der Waals surface area contributed by atoms with Gasteiger partial charge in [-0.15, -0.1) is 12.6 Å². The molecule has 6 heavy (non-hydrogen) atoms. The van der Waals surface area contributed by atoms with E-state index in [2.05, 4.69) is 12.3 Å². The Labute approximate surface area is 37.3 Å². The number of carbonyl (C=O) groups is 1. The van der Waals surface area contributed by atoms with Crippen LogP contribution in [0.3, 0.4) is 0 Å². The maximum Gasteiger partial charge on any atom is 0.261 e. The number of amides is 1. The number of hydrogen-bond acceptors (Lipinski definition) is 1. The van der Waals surface area contributed by atoms with E-state index in [0.717, 1.165) is 0 Å². The minimum atomic E-state index is -0.454. The molecule has 2 nitrogen and oxygen atoms in total. The van der Waals surface area contributed by atoms with Crippen molar-refractivity contribution in [2.75, 3.05) is 0 Å². The van der Waals surface area contributed by atoms with E-state index in [4.69, 9.17) is 0 Å². The fourth-order valence-electron chi connectivity index (χ4n) is 0.116. The zero-order chi connectivity index (χ0) is 4.99. The van der Waals surface area contributed by atoms with Gasteiger partial charge >= 0.3 is 0 Å². The lowest BCUT2D eigenvalue weighted by Gasteiger charge is -1.73. The standard InChI is InChI=1S/C3H5BNO/c1-2-4-3(5)6/h2H,1H2,(H2,5,6). The van der Waals surface area contributed by atoms with Crippen molar-refractivity contribution < 1.29 is 4.79 Å². The van der Waals surface area contributed by atoms with E-state index in [1.54, 1.807) is 0 Å². The second-order valence-electron chi connectivity index (χ2n) is 0.805. The molecule has 0 saturated carbocycles. The Bertz CT molecular complexity index is 71.2. The van der Waals surface area contributed by atoms with Crippen molar-refractivity contribution in [2.45, 2.75) is 0 Å². The van der Waals surface area contributed by atoms with Crippen LogP contribution >= 0.6 is 0 Å². The first kappa shape index (κ1) is 5.27. The van der Waals surface area contributed by atoms with Crippen molar-refractivity contribution in [2.24, 2.45) is 5.73 Å². The van der Waals surface area contributed by atoms with E-state index in [0.29, 0.717) is 0 Å². The Morgan fingerprint density at radius 1 is 2.00 bits per heavy atom. The van der Waals surface area contributed by atoms with Crippen LogP contribution in [-0.2, 0) is 0 Å². The lowest BCUT2D eigenvalue weighted by atomic mass is 9.79. The van der Waals surface area contributed by atoms with Crippen LogP contribution in [0.2, 0.25) is 0 Å². The summed E-state index contributed by atoms with van der Waals surface area (Å²) >= 11 is 0. The molecule has 0 aliphatic carbocycles. The molecular weight excluding hydrogens is 76.9 g/mol. The van der Waals surface area contributed by atoms with Crippen LogP contribution in [0, 0.1) is 0 Å². The number of nitrogens with two attached hydrogens (primary N) is 1. The van der Waals surface area contributed by atoms with E-state index in [1.807, 2.05) is 0 Å². The summed E-state index contributed by atoms with van der Waals surface area (Å²) in [6.07, 6.45) is 0. The van der Waals surface area contributed by atoms with E-state index < -0.39 is 5.81 Å². The zero-order valence-electron chi connectivity index (χ0n) is 3.35. The van der Waals surface area contributed by atoms with Gasteiger partial charge in [0.05, 0.1) is 0 Å². The monoisotopic (exact) mass is 82.0 g/mol. The summed E-state index contributed by atoms with van der Waals surface area (Å²) in [6, 6.07) is 0. The first-order valence-electron chi connectivity index (χ1n) is 1.52. The summed E-state index contributed by atoms with van der Waals surface area (Å²) in [5.41, 5.74) is 4.64. The molecule has 0 aromatic heterocycles. The number of carbonyl (C=O) groups excluding carboxylic acids is 1. The zero-order valence-corrected chi connectivity index (χ0v) is 3.35. The Balaban J connectivity index is 3.05. The lowest BCUT2D eigenvalue weighted by molar-refractivity contribution is 0.266. The van der Waals surface area contributed by atoms with Crippen molar-refractivity contribution in [3.05, 3.63) is 12.6 Å². The topological polar surface area (TPSA) is 43.1 Å². The average molecular weight is 81.9 g/mol. The molecule has 1 radical (unpaired) electrons. The van der Waals surface area contributed by atoms with Gasteiger partial charge in [-0.05, 0) is 0 Å². The first-order chi connectivity index (χ1) is 2.77. The molecule has 0 aromatic carbocycles. The summed E-state index contributed by atoms with van der Waals surface area (Å²) in [6.45, 7) is 3.24. The van der Waals surface area contributed by atoms with Gasteiger partial charge in [-0.2, -0.15) is 0 Å². The predicted octanol–water partition coefficient (Wildman–Crippen LogP) is -0.0872. The maximum atomic E-state index is 9.69. The summed E-state index contributed by atoms with van der Waals surface area (Å²) in [7, 11) is 1.19. The highest BCUT2D eigenvalue weighted by molar-refractivity contribution is 6.76. The molecule has 2 N–H and O–H groups in total. The SMILES string of the molecule is C=C[B]C(N)=O. The van der Waals surface area contributed by atoms with Crippen LogP contribution in [0.4, 0.5) is 4.79 Å². The third kappa shape index (κ3) is 3.27. The molecule has 3 heteroatoms. The second-order valence-corrected chi connectivity index (χ2v) is 0.805. The Morgan fingerprint density at radius 2 is 2.50 bits per heavy atom. The van der Waals surface area contributed by atoms with Gasteiger partial charge < -0.3 is 5.73 Å². The molecule has 0 unspecified atom stereocenters. The van der Waals surface area contributed by atoms with Gasteiger partial charge in [0, 0.05) is 0 Å². The van der Waals surface area contributed by atoms with Gasteiger partial charge in [0.2, 0.25) is 0 Å². The van der Waals surface area contributed by atoms with Crippen molar-refractivity contribution in [3.63, 3.8) is 0 Å². The number of primary amides is 1. The lowest BCUT2D eigenvalue weighted by Crippen LogP contribution is -2.14. The molecule has 0 spiro atoms. The van der Waals surface area contributed by atoms with E-state index in [1.165, 1.54) is 13.3 Å². The molecule has 0 bridgehead atoms. The molecule has 0 aromatic rings. The highest BCUT2D eigenvalue weighted by Gasteiger charge is 1.85. The fourth-order valence-corrected chi connectivity index (χ4v) is 0.116. The van der Waals surface area contributed by atoms with E-state index in [9.17, 15) is 4.79 Å². The van der Waals surface area contributed by atoms with Gasteiger partial charge in [0.25, 0.3) is 7.28 Å². The van der Waals surface area contributed by atoms with Crippen molar-refractivity contribution in [3.8, 4) is 0 Å². The molecular formula is C3H5BNO. The Hall–Kier alpha value is -0.725. The maximum absolute atomic E-state index is 9.69. The minimum absolute atomic E-state index is 0.454. The molecule has 0 heterocycles. The smallest absolute Gasteiger partial charge is 0.261 e. The van der Waals surface area contributed by atoms with Gasteiger partial charge in [-0.3, -0.25) is 4.79 Å². The normalized spacial score (nSPS) is 6.67. The fraction of sp³-hybridized carbons (Fsp3) is 0. The molecule has 0 saturated heterocycles. The van der Waals surface area contributed by atoms with Crippen molar-refractivity contribution in [1.29, 1.82) is 0 Å². The van der Waals surface area contributed by atoms with Gasteiger partial charge in [0.15, 0.2) is 5.81 Å². The van der Waals surface area contributed by atoms with Gasteiger partial charge in [0.1, 0.15) is 0 Å². The van der Waals surface area contributed by atoms with Crippen LogP contribution in [-0.4, -0.2) is 13.1 Å². The molecule has 1 amide bonds. The molecule has 0 aliphatic rings. The summed E-state index contributed by atoms with van der Waals surface area (Å²) < 4.78 is 0. The summed E-state index contributed by atoms with van der Waals surface area (Å²) in [4.78, 5) is 9.69. The van der Waals surface area contributed by atoms with Crippen LogP contribution in [0.15, 0.2) is 12.6 Å². The van der Waals surface area contributed by atoms with Crippen LogP contribution in [0.5, 0.6) is 0 Å². The van der Waals surface area contributed by atoms with E-state index >= 15 is 0 Å². The molecule has 0 aliphatic heterocycles. The van der Waals surface area contributed by atoms with Crippen molar-refractivity contribution in [1.82, 2.24) is 0 Å². The highest BCUT2D eigenvalue weighted by atomic mass is 16.1. The van der Waals surface area contributed by atoms with Gasteiger partial charge in [-0.25, -0.2) is 0 Å². The Kier molecular flexibility index (Phi) is 2.21. The first-order valence-corrected chi connectivity index (χ1v) is 1.52. The van der Waals surface area contributed by atoms with Crippen LogP contribution in [0.1, 0.15) is 0 Å². The number of hydrogen-bond donors (Lipinski definition) is 1. The van der Waals surface area contributed by atoms with Crippen LogP contribution in [0.25, 0.3) is 0 Å². The average Bonchev–Trinajstić information content (AvgIpc) is 1.35. The largest absolute Gasteiger partial charge is 0.379 e. The van der Waals surface area contributed by atoms with E-state index in [-0.39, 0.29) is 0 Å². The van der Waals surface area contributed by atoms with Crippen molar-refractivity contribution >= 4 is 13.1 Å². The minimum Gasteiger partial charge on any atom is -0.379 e. The summed E-state index contributed by atoms with van der Waals surface area (Å²) in [5.74, 6) is 0.896. The number of rotatable bonds is 2. The summed E-state index contributed by atoms with van der Waals surface area (Å²) in [5, 5.41) is 0. The van der Waals surface area contributed by atoms with Gasteiger partial charge in [-0.1, -0.05) is 0 Å². The molecule has 0 rings (SSSR count).